The molecule has 2 aromatic carbocycles. The van der Waals surface area contributed by atoms with E-state index in [9.17, 15) is 23.3 Å². The number of nitro groups is 1. The minimum atomic E-state index is -3.80. The first-order valence-electron chi connectivity index (χ1n) is 11.3. The maximum atomic E-state index is 13.3. The van der Waals surface area contributed by atoms with E-state index in [1.54, 1.807) is 0 Å². The second-order valence-corrected chi connectivity index (χ2v) is 10.5. The molecule has 9 heteroatoms. The molecular formula is C24H31N3O5S. The van der Waals surface area contributed by atoms with Crippen molar-refractivity contribution in [2.24, 2.45) is 11.8 Å². The molecule has 1 amide bonds. The normalized spacial score (nSPS) is 16.2. The van der Waals surface area contributed by atoms with Crippen molar-refractivity contribution < 1.29 is 18.1 Å². The molecule has 8 nitrogen and oxygen atoms in total. The number of nitrogens with zero attached hydrogens (tertiary/aromatic N) is 2. The van der Waals surface area contributed by atoms with Crippen LogP contribution in [0.25, 0.3) is 0 Å². The SMILES string of the molecule is C[C@H](CNS(=O)(=O)c1ccc([N+](=O)[O-])cc1)C[C@H](Cc1ccccc1)C(=O)N1CCCCC1. The van der Waals surface area contributed by atoms with Gasteiger partial charge in [-0.05, 0) is 55.7 Å². The van der Waals surface area contributed by atoms with Gasteiger partial charge in [0.15, 0.2) is 0 Å². The number of likely N-dealkylation sites (tertiary alicyclic amines) is 1. The van der Waals surface area contributed by atoms with Crippen LogP contribution in [0.3, 0.4) is 0 Å². The molecule has 2 atom stereocenters. The molecule has 1 aliphatic rings. The summed E-state index contributed by atoms with van der Waals surface area (Å²) in [6, 6.07) is 14.7. The van der Waals surface area contributed by atoms with Crippen LogP contribution in [0.2, 0.25) is 0 Å². The highest BCUT2D eigenvalue weighted by molar-refractivity contribution is 7.89. The molecule has 0 saturated carbocycles. The van der Waals surface area contributed by atoms with Crippen molar-refractivity contribution in [1.29, 1.82) is 0 Å². The lowest BCUT2D eigenvalue weighted by Gasteiger charge is -2.31. The predicted molar refractivity (Wildman–Crippen MR) is 126 cm³/mol. The Bertz CT molecular complexity index is 1040. The van der Waals surface area contributed by atoms with Crippen LogP contribution in [0.4, 0.5) is 5.69 Å². The van der Waals surface area contributed by atoms with Gasteiger partial charge in [-0.25, -0.2) is 13.1 Å². The fourth-order valence-electron chi connectivity index (χ4n) is 4.19. The van der Waals surface area contributed by atoms with Gasteiger partial charge in [0, 0.05) is 37.7 Å². The lowest BCUT2D eigenvalue weighted by atomic mass is 9.88. The third-order valence-corrected chi connectivity index (χ3v) is 7.45. The molecule has 0 spiro atoms. The van der Waals surface area contributed by atoms with Crippen LogP contribution in [0.15, 0.2) is 59.5 Å². The quantitative estimate of drug-likeness (QED) is 0.417. The third-order valence-electron chi connectivity index (χ3n) is 6.01. The van der Waals surface area contributed by atoms with Crippen LogP contribution < -0.4 is 4.72 Å². The first-order valence-corrected chi connectivity index (χ1v) is 12.8. The van der Waals surface area contributed by atoms with Crippen molar-refractivity contribution >= 4 is 21.6 Å². The summed E-state index contributed by atoms with van der Waals surface area (Å²) in [5, 5.41) is 10.8. The Morgan fingerprint density at radius 1 is 1.06 bits per heavy atom. The molecule has 1 aliphatic heterocycles. The lowest BCUT2D eigenvalue weighted by molar-refractivity contribution is -0.384. The van der Waals surface area contributed by atoms with E-state index in [4.69, 9.17) is 0 Å². The van der Waals surface area contributed by atoms with Crippen LogP contribution in [-0.4, -0.2) is 43.8 Å². The molecule has 0 radical (unpaired) electrons. The van der Waals surface area contributed by atoms with Gasteiger partial charge >= 0.3 is 0 Å². The second kappa shape index (κ2) is 11.4. The Morgan fingerprint density at radius 2 is 1.70 bits per heavy atom. The number of hydrogen-bond acceptors (Lipinski definition) is 5. The number of nitrogens with one attached hydrogen (secondary N) is 1. The van der Waals surface area contributed by atoms with Gasteiger partial charge in [0.25, 0.3) is 5.69 Å². The van der Waals surface area contributed by atoms with Gasteiger partial charge in [0.1, 0.15) is 0 Å². The summed E-state index contributed by atoms with van der Waals surface area (Å²) in [5.41, 5.74) is 0.925. The van der Waals surface area contributed by atoms with E-state index in [1.165, 1.54) is 24.3 Å². The fraction of sp³-hybridized carbons (Fsp3) is 0.458. The smallest absolute Gasteiger partial charge is 0.269 e. The summed E-state index contributed by atoms with van der Waals surface area (Å²) in [6.45, 7) is 3.67. The van der Waals surface area contributed by atoms with E-state index < -0.39 is 14.9 Å². The predicted octanol–water partition coefficient (Wildman–Crippen LogP) is 3.77. The van der Waals surface area contributed by atoms with Crippen LogP contribution >= 0.6 is 0 Å². The number of rotatable bonds is 10. The highest BCUT2D eigenvalue weighted by atomic mass is 32.2. The van der Waals surface area contributed by atoms with Crippen molar-refractivity contribution in [3.63, 3.8) is 0 Å². The van der Waals surface area contributed by atoms with Gasteiger partial charge in [0.05, 0.1) is 9.82 Å². The summed E-state index contributed by atoms with van der Waals surface area (Å²) in [7, 11) is -3.80. The van der Waals surface area contributed by atoms with E-state index in [1.807, 2.05) is 42.2 Å². The lowest BCUT2D eigenvalue weighted by Crippen LogP contribution is -2.41. The summed E-state index contributed by atoms with van der Waals surface area (Å²) in [5.74, 6) is -0.145. The number of hydrogen-bond donors (Lipinski definition) is 1. The first kappa shape index (κ1) is 24.9. The number of non-ortho nitro benzene ring substituents is 1. The maximum absolute atomic E-state index is 13.3. The largest absolute Gasteiger partial charge is 0.342 e. The summed E-state index contributed by atoms with van der Waals surface area (Å²) in [6.07, 6.45) is 4.37. The molecule has 1 saturated heterocycles. The first-order chi connectivity index (χ1) is 15.8. The number of sulfonamides is 1. The average Bonchev–Trinajstić information content (AvgIpc) is 2.83. The molecule has 0 unspecified atom stereocenters. The molecular weight excluding hydrogens is 442 g/mol. The molecule has 0 aromatic heterocycles. The van der Waals surface area contributed by atoms with E-state index >= 15 is 0 Å². The molecule has 178 valence electrons. The Balaban J connectivity index is 1.64. The molecule has 2 aromatic rings. The van der Waals surface area contributed by atoms with Crippen molar-refractivity contribution in [2.45, 2.75) is 43.9 Å². The standard InChI is InChI=1S/C24H31N3O5S/c1-19(18-25-33(31,32)23-12-10-22(11-13-23)27(29)30)16-21(17-20-8-4-2-5-9-20)24(28)26-14-6-3-7-15-26/h2,4-5,8-13,19,21,25H,3,6-7,14-18H2,1H3/t19-,21+/m0/s1. The number of benzene rings is 2. The zero-order valence-corrected chi connectivity index (χ0v) is 19.7. The van der Waals surface area contributed by atoms with Gasteiger partial charge in [-0.15, -0.1) is 0 Å². The van der Waals surface area contributed by atoms with Gasteiger partial charge in [-0.3, -0.25) is 14.9 Å². The highest BCUT2D eigenvalue weighted by Crippen LogP contribution is 2.23. The Hall–Kier alpha value is -2.78. The highest BCUT2D eigenvalue weighted by Gasteiger charge is 2.28. The van der Waals surface area contributed by atoms with Crippen LogP contribution in [0.1, 0.15) is 38.2 Å². The molecule has 3 rings (SSSR count). The second-order valence-electron chi connectivity index (χ2n) is 8.72. The number of amides is 1. The summed E-state index contributed by atoms with van der Waals surface area (Å²) < 4.78 is 27.8. The zero-order valence-electron chi connectivity index (χ0n) is 18.9. The Morgan fingerprint density at radius 3 is 2.30 bits per heavy atom. The minimum absolute atomic E-state index is 0.0227. The maximum Gasteiger partial charge on any atom is 0.269 e. The van der Waals surface area contributed by atoms with Gasteiger partial charge in [-0.1, -0.05) is 37.3 Å². The van der Waals surface area contributed by atoms with Gasteiger partial charge < -0.3 is 4.90 Å². The van der Waals surface area contributed by atoms with E-state index in [-0.39, 0.29) is 34.9 Å². The van der Waals surface area contributed by atoms with Crippen LogP contribution in [0, 0.1) is 22.0 Å². The monoisotopic (exact) mass is 473 g/mol. The number of carbonyl (C=O) groups is 1. The minimum Gasteiger partial charge on any atom is -0.342 e. The molecule has 1 N–H and O–H groups in total. The number of piperidine rings is 1. The molecule has 1 heterocycles. The molecule has 0 bridgehead atoms. The zero-order chi connectivity index (χ0) is 23.8. The van der Waals surface area contributed by atoms with Crippen LogP contribution in [0.5, 0.6) is 0 Å². The number of nitro benzene ring substituents is 1. The fourth-order valence-corrected chi connectivity index (χ4v) is 5.36. The Labute approximate surface area is 195 Å². The summed E-state index contributed by atoms with van der Waals surface area (Å²) in [4.78, 5) is 25.4. The van der Waals surface area contributed by atoms with Crippen molar-refractivity contribution in [3.05, 3.63) is 70.3 Å². The van der Waals surface area contributed by atoms with Gasteiger partial charge in [-0.2, -0.15) is 0 Å². The molecule has 0 aliphatic carbocycles. The summed E-state index contributed by atoms with van der Waals surface area (Å²) >= 11 is 0. The van der Waals surface area contributed by atoms with Crippen molar-refractivity contribution in [1.82, 2.24) is 9.62 Å². The van der Waals surface area contributed by atoms with E-state index in [2.05, 4.69) is 4.72 Å². The third kappa shape index (κ3) is 7.10. The van der Waals surface area contributed by atoms with Crippen molar-refractivity contribution in [3.8, 4) is 0 Å². The number of carbonyl (C=O) groups excluding carboxylic acids is 1. The van der Waals surface area contributed by atoms with Crippen molar-refractivity contribution in [2.75, 3.05) is 19.6 Å². The van der Waals surface area contributed by atoms with E-state index in [0.717, 1.165) is 37.9 Å². The topological polar surface area (TPSA) is 110 Å². The average molecular weight is 474 g/mol. The van der Waals surface area contributed by atoms with Gasteiger partial charge in [0.2, 0.25) is 15.9 Å². The van der Waals surface area contributed by atoms with E-state index in [0.29, 0.717) is 12.8 Å². The molecule has 1 fully saturated rings. The van der Waals surface area contributed by atoms with Crippen LogP contribution in [-0.2, 0) is 21.2 Å². The Kier molecular flexibility index (Phi) is 8.57. The molecule has 33 heavy (non-hydrogen) atoms.